The van der Waals surface area contributed by atoms with Crippen molar-refractivity contribution < 1.29 is 33.9 Å². The van der Waals surface area contributed by atoms with Gasteiger partial charge >= 0.3 is 0 Å². The van der Waals surface area contributed by atoms with Gasteiger partial charge in [-0.1, -0.05) is 92.6 Å². The topological polar surface area (TPSA) is 143 Å². The van der Waals surface area contributed by atoms with Crippen LogP contribution in [0.3, 0.4) is 0 Å². The summed E-state index contributed by atoms with van der Waals surface area (Å²) in [5, 5.41) is 23.4. The summed E-state index contributed by atoms with van der Waals surface area (Å²) in [7, 11) is -1.04. The Morgan fingerprint density at radius 1 is 0.966 bits per heavy atom. The standard InChI is InChI=1S/C46H54N4O8Si/c1-32-44(59(3,4)38-22-20-37(57-2)21-23-38)41(29-43(53)47(26-27-51)30-33-12-8-7-9-13-33)58-46(32)39-28-36(50(55)56)19-24-40(39)49(45(46)54)31-34-15-17-35(18-16-34)48-25-11-6-5-10-14-42(48)52/h7-9,12-13,15-24,28,32,41,44,51H,5-6,10-11,14,25-27,29-31H2,1-4H3/t32-,41+,44-,46+/m0/s1. The smallest absolute Gasteiger partial charge is 0.269 e. The number of methoxy groups -OCH3 is 1. The zero-order valence-electron chi connectivity index (χ0n) is 34.3. The first-order valence-electron chi connectivity index (χ1n) is 20.6. The van der Waals surface area contributed by atoms with E-state index >= 15 is 4.79 Å². The summed E-state index contributed by atoms with van der Waals surface area (Å²) in [5.41, 5.74) is 1.43. The summed E-state index contributed by atoms with van der Waals surface area (Å²) < 4.78 is 12.6. The molecular weight excluding hydrogens is 765 g/mol. The van der Waals surface area contributed by atoms with Gasteiger partial charge in [0.05, 0.1) is 51.5 Å². The maximum atomic E-state index is 15.4. The minimum Gasteiger partial charge on any atom is -0.497 e. The van der Waals surface area contributed by atoms with Crippen molar-refractivity contribution in [2.24, 2.45) is 5.92 Å². The Hall–Kier alpha value is -5.37. The van der Waals surface area contributed by atoms with E-state index in [-0.39, 0.29) is 55.1 Å². The number of anilines is 2. The summed E-state index contributed by atoms with van der Waals surface area (Å²) in [6, 6.07) is 29.7. The van der Waals surface area contributed by atoms with Crippen LogP contribution in [0.5, 0.6) is 5.75 Å². The summed E-state index contributed by atoms with van der Waals surface area (Å²) in [4.78, 5) is 59.7. The number of nitro benzene ring substituents is 1. The zero-order valence-corrected chi connectivity index (χ0v) is 35.3. The van der Waals surface area contributed by atoms with Crippen molar-refractivity contribution >= 4 is 48.0 Å². The fourth-order valence-electron chi connectivity index (χ4n) is 9.69. The summed E-state index contributed by atoms with van der Waals surface area (Å²) >= 11 is 0. The second kappa shape index (κ2) is 17.5. The van der Waals surface area contributed by atoms with Crippen LogP contribution in [0.1, 0.15) is 62.1 Å². The maximum Gasteiger partial charge on any atom is 0.269 e. The van der Waals surface area contributed by atoms with Crippen LogP contribution in [0.15, 0.2) is 97.1 Å². The van der Waals surface area contributed by atoms with Crippen LogP contribution in [-0.4, -0.2) is 73.6 Å². The molecule has 3 aliphatic heterocycles. The first-order chi connectivity index (χ1) is 28.4. The van der Waals surface area contributed by atoms with E-state index in [2.05, 4.69) is 13.1 Å². The van der Waals surface area contributed by atoms with Gasteiger partial charge in [-0.2, -0.15) is 0 Å². The molecule has 3 amide bonds. The van der Waals surface area contributed by atoms with Gasteiger partial charge in [-0.25, -0.2) is 0 Å². The predicted molar refractivity (Wildman–Crippen MR) is 229 cm³/mol. The van der Waals surface area contributed by atoms with Crippen LogP contribution in [-0.2, 0) is 37.8 Å². The normalized spacial score (nSPS) is 21.9. The Bertz CT molecular complexity index is 2170. The van der Waals surface area contributed by atoms with E-state index in [9.17, 15) is 24.8 Å². The summed E-state index contributed by atoms with van der Waals surface area (Å²) in [6.07, 6.45) is 3.71. The van der Waals surface area contributed by atoms with Crippen molar-refractivity contribution in [1.82, 2.24) is 4.90 Å². The number of hydrogen-bond acceptors (Lipinski definition) is 8. The SMILES string of the molecule is COc1ccc([Si](C)(C)[C@@H]2[C@@H](CC(=O)N(CCO)Cc3ccccc3)O[C@]3(C(=O)N(Cc4ccc(N5CCCCCCC5=O)cc4)c4ccc([N+](=O)[O-])cc43)[C@H]2C)cc1. The molecule has 4 atom stereocenters. The first kappa shape index (κ1) is 41.8. The van der Waals surface area contributed by atoms with Crippen LogP contribution in [0.2, 0.25) is 18.6 Å². The second-order valence-electron chi connectivity index (χ2n) is 16.6. The third-order valence-corrected chi connectivity index (χ3v) is 17.1. The third-order valence-electron chi connectivity index (χ3n) is 12.8. The molecule has 2 saturated heterocycles. The van der Waals surface area contributed by atoms with Crippen molar-refractivity contribution in [3.8, 4) is 5.75 Å². The highest BCUT2D eigenvalue weighted by Gasteiger charge is 2.66. The number of non-ortho nitro benzene ring substituents is 1. The third kappa shape index (κ3) is 8.15. The molecule has 0 bridgehead atoms. The van der Waals surface area contributed by atoms with E-state index in [0.717, 1.165) is 47.7 Å². The highest BCUT2D eigenvalue weighted by Crippen LogP contribution is 2.60. The van der Waals surface area contributed by atoms with E-state index in [1.165, 1.54) is 12.1 Å². The number of fused-ring (bicyclic) bond motifs is 2. The van der Waals surface area contributed by atoms with Crippen LogP contribution in [0.4, 0.5) is 17.1 Å². The fourth-order valence-corrected chi connectivity index (χ4v) is 13.7. The van der Waals surface area contributed by atoms with Gasteiger partial charge in [0.1, 0.15) is 5.75 Å². The molecule has 59 heavy (non-hydrogen) atoms. The number of nitrogens with zero attached hydrogens (tertiary/aromatic N) is 4. The molecule has 1 N–H and O–H groups in total. The second-order valence-corrected chi connectivity index (χ2v) is 21.3. The fraction of sp³-hybridized carbons (Fsp3) is 0.413. The van der Waals surface area contributed by atoms with Gasteiger partial charge in [0.15, 0.2) is 5.60 Å². The van der Waals surface area contributed by atoms with Gasteiger partial charge < -0.3 is 29.3 Å². The van der Waals surface area contributed by atoms with E-state index in [1.54, 1.807) is 23.0 Å². The molecule has 4 aromatic carbocycles. The molecule has 4 aromatic rings. The molecular formula is C46H54N4O8Si. The van der Waals surface area contributed by atoms with Crippen molar-refractivity contribution in [1.29, 1.82) is 0 Å². The number of nitro groups is 1. The molecule has 2 fully saturated rings. The van der Waals surface area contributed by atoms with Crippen LogP contribution in [0.25, 0.3) is 0 Å². The summed E-state index contributed by atoms with van der Waals surface area (Å²) in [5.74, 6) is -0.229. The number of carbonyl (C=O) groups is 3. The Balaban J connectivity index is 1.27. The average molecular weight is 819 g/mol. The van der Waals surface area contributed by atoms with Gasteiger partial charge in [-0.3, -0.25) is 24.5 Å². The molecule has 13 heteroatoms. The quantitative estimate of drug-likeness (QED) is 0.0858. The Morgan fingerprint density at radius 2 is 1.68 bits per heavy atom. The number of rotatable bonds is 13. The number of hydrogen-bond donors (Lipinski definition) is 1. The van der Waals surface area contributed by atoms with E-state index in [4.69, 9.17) is 9.47 Å². The van der Waals surface area contributed by atoms with E-state index in [1.807, 2.05) is 90.7 Å². The molecule has 0 saturated carbocycles. The molecule has 3 heterocycles. The molecule has 0 unspecified atom stereocenters. The minimum atomic E-state index is -2.65. The lowest BCUT2D eigenvalue weighted by Crippen LogP contribution is -2.52. The molecule has 1 spiro atoms. The highest BCUT2D eigenvalue weighted by atomic mass is 28.3. The summed E-state index contributed by atoms with van der Waals surface area (Å²) in [6.45, 7) is 7.45. The number of aliphatic hydroxyl groups excluding tert-OH is 1. The molecule has 7 rings (SSSR count). The van der Waals surface area contributed by atoms with Gasteiger partial charge in [-0.15, -0.1) is 0 Å². The molecule has 0 aromatic heterocycles. The number of aliphatic hydroxyl groups is 1. The van der Waals surface area contributed by atoms with E-state index in [0.29, 0.717) is 36.5 Å². The number of amides is 3. The van der Waals surface area contributed by atoms with Crippen LogP contribution < -0.4 is 19.7 Å². The molecule has 0 aliphatic carbocycles. The molecule has 310 valence electrons. The Morgan fingerprint density at radius 3 is 2.36 bits per heavy atom. The Kier molecular flexibility index (Phi) is 12.4. The number of ether oxygens (including phenoxy) is 2. The average Bonchev–Trinajstić information content (AvgIpc) is 3.65. The maximum absolute atomic E-state index is 15.4. The van der Waals surface area contributed by atoms with Gasteiger partial charge in [0.25, 0.3) is 11.6 Å². The monoisotopic (exact) mass is 818 g/mol. The van der Waals surface area contributed by atoms with Crippen molar-refractivity contribution in [3.63, 3.8) is 0 Å². The van der Waals surface area contributed by atoms with Gasteiger partial charge in [0.2, 0.25) is 11.8 Å². The number of carbonyl (C=O) groups excluding carboxylic acids is 3. The van der Waals surface area contributed by atoms with Crippen molar-refractivity contribution in [2.45, 2.75) is 88.9 Å². The van der Waals surface area contributed by atoms with Crippen LogP contribution >= 0.6 is 0 Å². The van der Waals surface area contributed by atoms with Crippen LogP contribution in [0, 0.1) is 16.0 Å². The molecule has 3 aliphatic rings. The molecule has 12 nitrogen and oxygen atoms in total. The largest absolute Gasteiger partial charge is 0.497 e. The Labute approximate surface area is 346 Å². The molecule has 0 radical (unpaired) electrons. The predicted octanol–water partition coefficient (Wildman–Crippen LogP) is 7.07. The lowest BCUT2D eigenvalue weighted by molar-refractivity contribution is -0.385. The van der Waals surface area contributed by atoms with Crippen molar-refractivity contribution in [3.05, 3.63) is 124 Å². The van der Waals surface area contributed by atoms with E-state index < -0.39 is 30.6 Å². The van der Waals surface area contributed by atoms with Gasteiger partial charge in [-0.05, 0) is 59.8 Å². The lowest BCUT2D eigenvalue weighted by Gasteiger charge is -2.37. The van der Waals surface area contributed by atoms with Gasteiger partial charge in [0, 0.05) is 55.4 Å². The van der Waals surface area contributed by atoms with Crippen molar-refractivity contribution in [2.75, 3.05) is 36.6 Å². The first-order valence-corrected chi connectivity index (χ1v) is 23.7. The zero-order chi connectivity index (χ0) is 41.9. The number of benzene rings is 4. The highest BCUT2D eigenvalue weighted by molar-refractivity contribution is 6.91. The lowest BCUT2D eigenvalue weighted by atomic mass is 9.82. The minimum absolute atomic E-state index is 0.0512.